The summed E-state index contributed by atoms with van der Waals surface area (Å²) in [5.74, 6) is -0.322. The number of likely N-dealkylation sites (N-methyl/N-ethyl adjacent to an activating group) is 1. The number of rotatable bonds is 7. The third-order valence-electron chi connectivity index (χ3n) is 4.09. The van der Waals surface area contributed by atoms with Crippen molar-refractivity contribution in [2.24, 2.45) is 0 Å². The summed E-state index contributed by atoms with van der Waals surface area (Å²) in [7, 11) is 0. The molecular weight excluding hydrogens is 348 g/mol. The normalized spacial score (nSPS) is 10.7. The molecule has 2 N–H and O–H groups in total. The average molecular weight is 366 g/mol. The molecule has 1 aromatic heterocycles. The van der Waals surface area contributed by atoms with Crippen molar-refractivity contribution in [3.05, 3.63) is 80.6 Å². The fraction of sp³-hybridized carbons (Fsp3) is 0.158. The number of ketones is 1. The van der Waals surface area contributed by atoms with E-state index in [1.54, 1.807) is 12.1 Å². The number of nitrogens with zero attached hydrogens (tertiary/aromatic N) is 2. The zero-order valence-corrected chi connectivity index (χ0v) is 14.6. The van der Waals surface area contributed by atoms with Crippen LogP contribution in [0.1, 0.15) is 17.3 Å². The van der Waals surface area contributed by atoms with Crippen LogP contribution in [0.2, 0.25) is 0 Å². The van der Waals surface area contributed by atoms with Crippen LogP contribution in [-0.4, -0.2) is 33.6 Å². The first kappa shape index (κ1) is 18.3. The molecular formula is C19H18N4O4. The Kier molecular flexibility index (Phi) is 5.28. The number of hydrogen-bond donors (Lipinski definition) is 2. The van der Waals surface area contributed by atoms with Gasteiger partial charge in [0.15, 0.2) is 5.78 Å². The number of Topliss-reactive ketones (excluding diaryl/α,β-unsaturated/α-hetero) is 1. The summed E-state index contributed by atoms with van der Waals surface area (Å²) in [6.07, 6.45) is 0. The van der Waals surface area contributed by atoms with Crippen LogP contribution in [0.5, 0.6) is 0 Å². The van der Waals surface area contributed by atoms with Gasteiger partial charge in [0.1, 0.15) is 5.56 Å². The number of H-pyrrole nitrogens is 1. The second-order valence-corrected chi connectivity index (χ2v) is 5.85. The number of nitro groups is 1. The maximum absolute atomic E-state index is 12.9. The molecule has 0 radical (unpaired) electrons. The van der Waals surface area contributed by atoms with E-state index in [9.17, 15) is 19.7 Å². The van der Waals surface area contributed by atoms with Crippen LogP contribution in [-0.2, 0) is 0 Å². The Bertz CT molecular complexity index is 1020. The van der Waals surface area contributed by atoms with Crippen molar-refractivity contribution in [1.29, 1.82) is 0 Å². The average Bonchev–Trinajstić information content (AvgIpc) is 3.04. The molecule has 27 heavy (non-hydrogen) atoms. The highest BCUT2D eigenvalue weighted by Crippen LogP contribution is 2.22. The molecule has 0 saturated carbocycles. The van der Waals surface area contributed by atoms with E-state index < -0.39 is 10.5 Å². The lowest BCUT2D eigenvalue weighted by Gasteiger charge is -2.03. The molecule has 138 valence electrons. The molecule has 0 fully saturated rings. The lowest BCUT2D eigenvalue weighted by atomic mass is 10.1. The molecule has 8 heteroatoms. The maximum Gasteiger partial charge on any atom is 0.282 e. The Balaban J connectivity index is 2.13. The van der Waals surface area contributed by atoms with Crippen LogP contribution < -0.4 is 10.9 Å². The van der Waals surface area contributed by atoms with Crippen molar-refractivity contribution in [3.63, 3.8) is 0 Å². The van der Waals surface area contributed by atoms with Gasteiger partial charge in [0, 0.05) is 17.7 Å². The Hall–Kier alpha value is -3.52. The number of non-ortho nitro benzene ring substituents is 1. The number of hydrogen-bond acceptors (Lipinski definition) is 5. The van der Waals surface area contributed by atoms with Crippen molar-refractivity contribution in [2.75, 3.05) is 13.1 Å². The van der Waals surface area contributed by atoms with E-state index in [1.807, 2.05) is 25.1 Å². The summed E-state index contributed by atoms with van der Waals surface area (Å²) in [5.41, 5.74) is 1.01. The summed E-state index contributed by atoms with van der Waals surface area (Å²) in [5, 5.41) is 16.7. The Labute approximate surface area is 154 Å². The van der Waals surface area contributed by atoms with Crippen molar-refractivity contribution in [3.8, 4) is 16.9 Å². The van der Waals surface area contributed by atoms with Gasteiger partial charge in [0.2, 0.25) is 0 Å². The van der Waals surface area contributed by atoms with Gasteiger partial charge in [-0.1, -0.05) is 37.3 Å². The minimum Gasteiger partial charge on any atom is -0.310 e. The Morgan fingerprint density at radius 2 is 1.81 bits per heavy atom. The number of benzene rings is 2. The number of carbonyl (C=O) groups is 1. The van der Waals surface area contributed by atoms with Gasteiger partial charge < -0.3 is 5.32 Å². The minimum absolute atomic E-state index is 0.0453. The zero-order chi connectivity index (χ0) is 19.4. The molecule has 0 atom stereocenters. The second kappa shape index (κ2) is 7.79. The molecule has 0 spiro atoms. The van der Waals surface area contributed by atoms with E-state index >= 15 is 0 Å². The van der Waals surface area contributed by atoms with Crippen LogP contribution in [0, 0.1) is 10.1 Å². The van der Waals surface area contributed by atoms with E-state index in [-0.39, 0.29) is 23.6 Å². The van der Waals surface area contributed by atoms with E-state index in [4.69, 9.17) is 0 Å². The molecule has 0 bridgehead atoms. The Morgan fingerprint density at radius 1 is 1.15 bits per heavy atom. The van der Waals surface area contributed by atoms with Gasteiger partial charge in [-0.15, -0.1) is 0 Å². The van der Waals surface area contributed by atoms with Gasteiger partial charge in [-0.3, -0.25) is 24.8 Å². The van der Waals surface area contributed by atoms with Gasteiger partial charge in [-0.2, -0.15) is 0 Å². The lowest BCUT2D eigenvalue weighted by molar-refractivity contribution is -0.384. The van der Waals surface area contributed by atoms with Crippen molar-refractivity contribution in [2.45, 2.75) is 6.92 Å². The molecule has 0 aliphatic rings. The highest BCUT2D eigenvalue weighted by atomic mass is 16.6. The number of aromatic nitrogens is 2. The fourth-order valence-electron chi connectivity index (χ4n) is 2.74. The molecule has 0 aliphatic heterocycles. The summed E-state index contributed by atoms with van der Waals surface area (Å²) in [4.78, 5) is 35.9. The molecule has 8 nitrogen and oxygen atoms in total. The summed E-state index contributed by atoms with van der Waals surface area (Å²) in [6, 6.07) is 14.6. The van der Waals surface area contributed by atoms with Crippen LogP contribution in [0.3, 0.4) is 0 Å². The van der Waals surface area contributed by atoms with E-state index in [1.165, 1.54) is 28.9 Å². The predicted molar refractivity (Wildman–Crippen MR) is 101 cm³/mol. The second-order valence-electron chi connectivity index (χ2n) is 5.85. The molecule has 0 saturated heterocycles. The molecule has 0 aliphatic carbocycles. The largest absolute Gasteiger partial charge is 0.310 e. The van der Waals surface area contributed by atoms with Crippen LogP contribution in [0.4, 0.5) is 5.69 Å². The number of carbonyl (C=O) groups excluding carboxylic acids is 1. The van der Waals surface area contributed by atoms with Gasteiger partial charge in [-0.25, -0.2) is 4.68 Å². The quantitative estimate of drug-likeness (QED) is 0.379. The highest BCUT2D eigenvalue weighted by molar-refractivity contribution is 6.02. The summed E-state index contributed by atoms with van der Waals surface area (Å²) < 4.78 is 1.23. The first-order valence-electron chi connectivity index (χ1n) is 8.42. The van der Waals surface area contributed by atoms with Crippen molar-refractivity contribution < 1.29 is 9.72 Å². The smallest absolute Gasteiger partial charge is 0.282 e. The van der Waals surface area contributed by atoms with Gasteiger partial charge >= 0.3 is 0 Å². The van der Waals surface area contributed by atoms with E-state index in [0.29, 0.717) is 23.5 Å². The molecule has 3 rings (SSSR count). The maximum atomic E-state index is 12.9. The molecule has 3 aromatic rings. The van der Waals surface area contributed by atoms with Crippen molar-refractivity contribution in [1.82, 2.24) is 15.1 Å². The first-order valence-corrected chi connectivity index (χ1v) is 8.42. The van der Waals surface area contributed by atoms with Gasteiger partial charge in [0.05, 0.1) is 22.8 Å². The molecule has 2 aromatic carbocycles. The predicted octanol–water partition coefficient (Wildman–Crippen LogP) is 2.53. The van der Waals surface area contributed by atoms with Crippen LogP contribution in [0.25, 0.3) is 16.9 Å². The molecule has 1 heterocycles. The molecule has 0 unspecified atom stereocenters. The van der Waals surface area contributed by atoms with Crippen LogP contribution >= 0.6 is 0 Å². The third kappa shape index (κ3) is 3.70. The zero-order valence-electron chi connectivity index (χ0n) is 14.6. The van der Waals surface area contributed by atoms with E-state index in [0.717, 1.165) is 0 Å². The Morgan fingerprint density at radius 3 is 2.41 bits per heavy atom. The first-order chi connectivity index (χ1) is 13.0. The SMILES string of the molecule is CCNCC(=O)c1c(-c2ccccc2)[nH]n(-c2ccc([N+](=O)[O-])cc2)c1=O. The van der Waals surface area contributed by atoms with Crippen molar-refractivity contribution >= 4 is 11.5 Å². The number of aromatic amines is 1. The molecule has 0 amide bonds. The monoisotopic (exact) mass is 366 g/mol. The highest BCUT2D eigenvalue weighted by Gasteiger charge is 2.22. The minimum atomic E-state index is -0.512. The lowest BCUT2D eigenvalue weighted by Crippen LogP contribution is -2.28. The summed E-state index contributed by atoms with van der Waals surface area (Å²) in [6.45, 7) is 2.52. The number of nitro benzene ring substituents is 1. The van der Waals surface area contributed by atoms with Crippen LogP contribution in [0.15, 0.2) is 59.4 Å². The fourth-order valence-corrected chi connectivity index (χ4v) is 2.74. The van der Waals surface area contributed by atoms with E-state index in [2.05, 4.69) is 10.4 Å². The number of nitrogens with one attached hydrogen (secondary N) is 2. The standard InChI is InChI=1S/C19H18N4O4/c1-2-20-12-16(24)17-18(13-6-4-3-5-7-13)21-22(19(17)25)14-8-10-15(11-9-14)23(26)27/h3-11,20-21H,2,12H2,1H3. The summed E-state index contributed by atoms with van der Waals surface area (Å²) >= 11 is 0. The van der Waals surface area contributed by atoms with Gasteiger partial charge in [-0.05, 0) is 18.7 Å². The third-order valence-corrected chi connectivity index (χ3v) is 4.09. The topological polar surface area (TPSA) is 110 Å². The van der Waals surface area contributed by atoms with Gasteiger partial charge in [0.25, 0.3) is 11.2 Å².